The first kappa shape index (κ1) is 15.6. The van der Waals surface area contributed by atoms with Crippen molar-refractivity contribution in [3.63, 3.8) is 0 Å². The van der Waals surface area contributed by atoms with Crippen molar-refractivity contribution in [3.05, 3.63) is 35.9 Å². The molecule has 0 radical (unpaired) electrons. The molecule has 0 saturated carbocycles. The fraction of sp³-hybridized carbons (Fsp3) is 0.250. The van der Waals surface area contributed by atoms with E-state index in [1.54, 1.807) is 25.1 Å². The number of aromatic nitrogens is 3. The summed E-state index contributed by atoms with van der Waals surface area (Å²) in [5, 5.41) is 2.87. The largest absolute Gasteiger partial charge is 0.323 e. The molecule has 7 nitrogen and oxygen atoms in total. The van der Waals surface area contributed by atoms with Crippen LogP contribution in [-0.4, -0.2) is 41.3 Å². The summed E-state index contributed by atoms with van der Waals surface area (Å²) in [6.07, 6.45) is 1.24. The summed E-state index contributed by atoms with van der Waals surface area (Å²) >= 11 is 5.68. The molecule has 0 amide bonds. The molecule has 1 aromatic heterocycles. The minimum Gasteiger partial charge on any atom is -0.323 e. The van der Waals surface area contributed by atoms with Crippen molar-refractivity contribution in [1.82, 2.24) is 19.3 Å². The molecule has 0 aliphatic carbocycles. The minimum absolute atomic E-state index is 0.0264. The van der Waals surface area contributed by atoms with Crippen molar-refractivity contribution >= 4 is 33.3 Å². The topological polar surface area (TPSA) is 88.1 Å². The van der Waals surface area contributed by atoms with E-state index < -0.39 is 10.0 Å². The third-order valence-electron chi connectivity index (χ3n) is 2.81. The van der Waals surface area contributed by atoms with Crippen LogP contribution in [0.4, 0.5) is 11.6 Å². The van der Waals surface area contributed by atoms with Gasteiger partial charge in [-0.05, 0) is 23.7 Å². The van der Waals surface area contributed by atoms with Gasteiger partial charge in [-0.15, -0.1) is 0 Å². The monoisotopic (exact) mass is 327 g/mol. The molecule has 1 N–H and O–H groups in total. The molecule has 112 valence electrons. The maximum atomic E-state index is 12.4. The van der Waals surface area contributed by atoms with Crippen molar-refractivity contribution in [1.29, 1.82) is 0 Å². The summed E-state index contributed by atoms with van der Waals surface area (Å²) < 4.78 is 26.2. The number of nitrogens with zero attached hydrogens (tertiary/aromatic N) is 4. The number of anilines is 2. The van der Waals surface area contributed by atoms with Gasteiger partial charge in [0.15, 0.2) is 0 Å². The average Bonchev–Trinajstić information content (AvgIpc) is 2.46. The second-order valence-corrected chi connectivity index (χ2v) is 6.47. The van der Waals surface area contributed by atoms with E-state index in [9.17, 15) is 8.42 Å². The predicted octanol–water partition coefficient (Wildman–Crippen LogP) is 1.91. The van der Waals surface area contributed by atoms with E-state index in [1.807, 2.05) is 0 Å². The Hall–Kier alpha value is -1.77. The van der Waals surface area contributed by atoms with Gasteiger partial charge >= 0.3 is 0 Å². The molecular formula is C12H14ClN5O2S. The molecule has 9 heteroatoms. The van der Waals surface area contributed by atoms with E-state index >= 15 is 0 Å². The SMILES string of the molecule is CCN(C)S(=O)(=O)c1ccccc1Nc1ncnc(Cl)n1. The van der Waals surface area contributed by atoms with Gasteiger partial charge in [0, 0.05) is 13.6 Å². The maximum Gasteiger partial charge on any atom is 0.244 e. The van der Waals surface area contributed by atoms with E-state index in [2.05, 4.69) is 20.3 Å². The molecule has 0 atom stereocenters. The minimum atomic E-state index is -3.58. The fourth-order valence-electron chi connectivity index (χ4n) is 1.59. The quantitative estimate of drug-likeness (QED) is 0.902. The second kappa shape index (κ2) is 6.33. The molecule has 0 aliphatic rings. The Bertz CT molecular complexity index is 738. The van der Waals surface area contributed by atoms with Crippen LogP contribution in [-0.2, 0) is 10.0 Å². The fourth-order valence-corrected chi connectivity index (χ4v) is 3.04. The summed E-state index contributed by atoms with van der Waals surface area (Å²) in [5.41, 5.74) is 0.375. The van der Waals surface area contributed by atoms with Gasteiger partial charge in [0.1, 0.15) is 11.2 Å². The van der Waals surface area contributed by atoms with Crippen LogP contribution in [0.1, 0.15) is 6.92 Å². The molecule has 21 heavy (non-hydrogen) atoms. The maximum absolute atomic E-state index is 12.4. The first-order valence-corrected chi connectivity index (χ1v) is 7.94. The van der Waals surface area contributed by atoms with Gasteiger partial charge in [-0.3, -0.25) is 0 Å². The van der Waals surface area contributed by atoms with E-state index in [0.717, 1.165) is 0 Å². The lowest BCUT2D eigenvalue weighted by Crippen LogP contribution is -2.27. The van der Waals surface area contributed by atoms with Crippen LogP contribution in [0, 0.1) is 0 Å². The molecular weight excluding hydrogens is 314 g/mol. The molecule has 2 aromatic rings. The van der Waals surface area contributed by atoms with Crippen LogP contribution in [0.3, 0.4) is 0 Å². The number of rotatable bonds is 5. The third-order valence-corrected chi connectivity index (χ3v) is 4.98. The van der Waals surface area contributed by atoms with Crippen LogP contribution < -0.4 is 5.32 Å². The van der Waals surface area contributed by atoms with Crippen LogP contribution >= 0.6 is 11.6 Å². The van der Waals surface area contributed by atoms with Crippen LogP contribution in [0.25, 0.3) is 0 Å². The summed E-state index contributed by atoms with van der Waals surface area (Å²) in [7, 11) is -2.06. The Morgan fingerprint density at radius 1 is 1.29 bits per heavy atom. The average molecular weight is 328 g/mol. The zero-order valence-electron chi connectivity index (χ0n) is 11.5. The van der Waals surface area contributed by atoms with Gasteiger partial charge in [-0.25, -0.2) is 22.7 Å². The summed E-state index contributed by atoms with van der Waals surface area (Å²) in [5.74, 6) is 0.178. The van der Waals surface area contributed by atoms with Crippen molar-refractivity contribution in [3.8, 4) is 0 Å². The van der Waals surface area contributed by atoms with E-state index in [1.165, 1.54) is 23.7 Å². The number of nitrogens with one attached hydrogen (secondary N) is 1. The Balaban J connectivity index is 2.43. The number of para-hydroxylation sites is 1. The number of hydrogen-bond acceptors (Lipinski definition) is 6. The van der Waals surface area contributed by atoms with Gasteiger partial charge in [0.25, 0.3) is 0 Å². The Labute approximate surface area is 128 Å². The molecule has 0 bridgehead atoms. The number of hydrogen-bond donors (Lipinski definition) is 1. The third kappa shape index (κ3) is 3.46. The van der Waals surface area contributed by atoms with Crippen molar-refractivity contribution in [2.75, 3.05) is 18.9 Å². The normalized spacial score (nSPS) is 11.6. The highest BCUT2D eigenvalue weighted by Crippen LogP contribution is 2.25. The standard InChI is InChI=1S/C12H14ClN5O2S/c1-3-18(2)21(19,20)10-7-5-4-6-9(10)16-12-15-8-14-11(13)17-12/h4-8H,3H2,1-2H3,(H,14,15,16,17). The Morgan fingerprint density at radius 3 is 2.67 bits per heavy atom. The van der Waals surface area contributed by atoms with Crippen LogP contribution in [0.15, 0.2) is 35.5 Å². The molecule has 0 fully saturated rings. The lowest BCUT2D eigenvalue weighted by atomic mass is 10.3. The lowest BCUT2D eigenvalue weighted by molar-refractivity contribution is 0.486. The highest BCUT2D eigenvalue weighted by molar-refractivity contribution is 7.89. The summed E-state index contributed by atoms with van der Waals surface area (Å²) in [4.78, 5) is 11.6. The van der Waals surface area contributed by atoms with E-state index in [4.69, 9.17) is 11.6 Å². The number of sulfonamides is 1. The smallest absolute Gasteiger partial charge is 0.244 e. The highest BCUT2D eigenvalue weighted by Gasteiger charge is 2.22. The zero-order chi connectivity index (χ0) is 15.5. The molecule has 0 unspecified atom stereocenters. The molecule has 2 rings (SSSR count). The molecule has 0 aliphatic heterocycles. The molecule has 0 spiro atoms. The highest BCUT2D eigenvalue weighted by atomic mass is 35.5. The zero-order valence-corrected chi connectivity index (χ0v) is 13.1. The molecule has 1 heterocycles. The van der Waals surface area contributed by atoms with Gasteiger partial charge in [-0.2, -0.15) is 4.98 Å². The van der Waals surface area contributed by atoms with Gasteiger partial charge in [0.05, 0.1) is 5.69 Å². The Morgan fingerprint density at radius 2 is 2.00 bits per heavy atom. The van der Waals surface area contributed by atoms with E-state index in [-0.39, 0.29) is 16.1 Å². The van der Waals surface area contributed by atoms with Crippen molar-refractivity contribution in [2.24, 2.45) is 0 Å². The molecule has 0 saturated heterocycles. The van der Waals surface area contributed by atoms with Crippen LogP contribution in [0.5, 0.6) is 0 Å². The number of halogens is 1. The van der Waals surface area contributed by atoms with Gasteiger partial charge < -0.3 is 5.32 Å². The van der Waals surface area contributed by atoms with Crippen molar-refractivity contribution in [2.45, 2.75) is 11.8 Å². The van der Waals surface area contributed by atoms with Crippen molar-refractivity contribution < 1.29 is 8.42 Å². The second-order valence-electron chi connectivity index (χ2n) is 4.12. The van der Waals surface area contributed by atoms with Crippen LogP contribution in [0.2, 0.25) is 5.28 Å². The first-order chi connectivity index (χ1) is 9.95. The van der Waals surface area contributed by atoms with E-state index in [0.29, 0.717) is 12.2 Å². The number of benzene rings is 1. The predicted molar refractivity (Wildman–Crippen MR) is 80.1 cm³/mol. The summed E-state index contributed by atoms with van der Waals surface area (Å²) in [6.45, 7) is 2.13. The molecule has 1 aromatic carbocycles. The van der Waals surface area contributed by atoms with Gasteiger partial charge in [-0.1, -0.05) is 19.1 Å². The first-order valence-electron chi connectivity index (χ1n) is 6.12. The summed E-state index contributed by atoms with van der Waals surface area (Å²) in [6, 6.07) is 6.53. The lowest BCUT2D eigenvalue weighted by Gasteiger charge is -2.17. The van der Waals surface area contributed by atoms with Gasteiger partial charge in [0.2, 0.25) is 21.3 Å². The Kier molecular flexibility index (Phi) is 4.71.